The molecule has 0 aliphatic heterocycles. The second kappa shape index (κ2) is 3.78. The van der Waals surface area contributed by atoms with Gasteiger partial charge in [-0.05, 0) is 17.7 Å². The summed E-state index contributed by atoms with van der Waals surface area (Å²) in [5, 5.41) is 0. The summed E-state index contributed by atoms with van der Waals surface area (Å²) in [5.74, 6) is 0. The molecular formula is C8H8BrF3N2. The molecule has 2 nitrogen and oxygen atoms in total. The Kier molecular flexibility index (Phi) is 3.06. The average molecular weight is 269 g/mol. The lowest BCUT2D eigenvalue weighted by Crippen LogP contribution is -2.10. The van der Waals surface area contributed by atoms with Gasteiger partial charge in [-0.1, -0.05) is 15.9 Å². The molecule has 1 aromatic carbocycles. The highest BCUT2D eigenvalue weighted by Gasteiger charge is 2.33. The lowest BCUT2D eigenvalue weighted by molar-refractivity contribution is -0.138. The molecule has 4 N–H and O–H groups in total. The van der Waals surface area contributed by atoms with E-state index in [0.29, 0.717) is 5.56 Å². The molecule has 0 radical (unpaired) electrons. The summed E-state index contributed by atoms with van der Waals surface area (Å²) >= 11 is 2.81. The van der Waals surface area contributed by atoms with Gasteiger partial charge in [-0.25, -0.2) is 0 Å². The standard InChI is InChI=1S/C8H8BrF3N2/c9-6-2-7(14)4(3-13)1-5(6)8(10,11)12/h1-2H,3,13-14H2. The molecule has 14 heavy (non-hydrogen) atoms. The van der Waals surface area contributed by atoms with E-state index in [1.54, 1.807) is 0 Å². The number of rotatable bonds is 1. The largest absolute Gasteiger partial charge is 0.417 e. The van der Waals surface area contributed by atoms with E-state index in [1.165, 1.54) is 6.07 Å². The lowest BCUT2D eigenvalue weighted by atomic mass is 10.1. The fourth-order valence-corrected chi connectivity index (χ4v) is 1.61. The molecule has 0 bridgehead atoms. The second-order valence-electron chi connectivity index (χ2n) is 2.73. The Bertz CT molecular complexity index is 349. The molecule has 0 unspecified atom stereocenters. The van der Waals surface area contributed by atoms with Crippen molar-refractivity contribution in [2.45, 2.75) is 12.7 Å². The third-order valence-electron chi connectivity index (χ3n) is 1.75. The fraction of sp³-hybridized carbons (Fsp3) is 0.250. The molecule has 0 amide bonds. The first-order valence-electron chi connectivity index (χ1n) is 3.71. The summed E-state index contributed by atoms with van der Waals surface area (Å²) in [5.41, 5.74) is 10.5. The number of benzene rings is 1. The summed E-state index contributed by atoms with van der Waals surface area (Å²) in [7, 11) is 0. The molecular weight excluding hydrogens is 261 g/mol. The molecule has 78 valence electrons. The summed E-state index contributed by atoms with van der Waals surface area (Å²) in [4.78, 5) is 0. The van der Waals surface area contributed by atoms with Crippen molar-refractivity contribution in [3.8, 4) is 0 Å². The zero-order valence-corrected chi connectivity index (χ0v) is 8.61. The number of halogens is 4. The smallest absolute Gasteiger partial charge is 0.398 e. The SMILES string of the molecule is NCc1cc(C(F)(F)F)c(Br)cc1N. The van der Waals surface area contributed by atoms with E-state index in [4.69, 9.17) is 11.5 Å². The third kappa shape index (κ3) is 2.19. The van der Waals surface area contributed by atoms with E-state index in [2.05, 4.69) is 15.9 Å². The number of nitrogen functional groups attached to an aromatic ring is 1. The molecule has 0 aliphatic rings. The van der Waals surface area contributed by atoms with E-state index >= 15 is 0 Å². The highest BCUT2D eigenvalue weighted by atomic mass is 79.9. The molecule has 0 atom stereocenters. The van der Waals surface area contributed by atoms with Crippen LogP contribution in [0.5, 0.6) is 0 Å². The Balaban J connectivity index is 3.32. The monoisotopic (exact) mass is 268 g/mol. The van der Waals surface area contributed by atoms with Gasteiger partial charge in [0.1, 0.15) is 0 Å². The van der Waals surface area contributed by atoms with Crippen LogP contribution in [0.15, 0.2) is 16.6 Å². The molecule has 1 rings (SSSR count). The van der Waals surface area contributed by atoms with Crippen molar-refractivity contribution in [1.82, 2.24) is 0 Å². The summed E-state index contributed by atoms with van der Waals surface area (Å²) < 4.78 is 37.1. The number of hydrogen-bond acceptors (Lipinski definition) is 2. The predicted octanol–water partition coefficient (Wildman–Crippen LogP) is 2.51. The fourth-order valence-electron chi connectivity index (χ4n) is 1.03. The van der Waals surface area contributed by atoms with E-state index in [-0.39, 0.29) is 16.7 Å². The molecule has 1 aromatic rings. The molecule has 6 heteroatoms. The van der Waals surface area contributed by atoms with Crippen LogP contribution in [-0.4, -0.2) is 0 Å². The maximum absolute atomic E-state index is 12.4. The molecule has 0 saturated carbocycles. The van der Waals surface area contributed by atoms with Crippen LogP contribution in [0.3, 0.4) is 0 Å². The van der Waals surface area contributed by atoms with Gasteiger partial charge in [0.05, 0.1) is 5.56 Å². The number of hydrogen-bond donors (Lipinski definition) is 2. The van der Waals surface area contributed by atoms with E-state index in [0.717, 1.165) is 6.07 Å². The summed E-state index contributed by atoms with van der Waals surface area (Å²) in [6.07, 6.45) is -4.39. The average Bonchev–Trinajstić information content (AvgIpc) is 2.02. The van der Waals surface area contributed by atoms with Gasteiger partial charge in [0.15, 0.2) is 0 Å². The minimum Gasteiger partial charge on any atom is -0.398 e. The quantitative estimate of drug-likeness (QED) is 0.769. The van der Waals surface area contributed by atoms with Crippen molar-refractivity contribution in [1.29, 1.82) is 0 Å². The topological polar surface area (TPSA) is 52.0 Å². The van der Waals surface area contributed by atoms with Gasteiger partial charge in [0.25, 0.3) is 0 Å². The van der Waals surface area contributed by atoms with Gasteiger partial charge in [0, 0.05) is 16.7 Å². The molecule has 0 saturated heterocycles. The number of anilines is 1. The Labute approximate surface area is 87.2 Å². The zero-order valence-electron chi connectivity index (χ0n) is 7.03. The molecule has 0 spiro atoms. The zero-order chi connectivity index (χ0) is 10.9. The highest BCUT2D eigenvalue weighted by molar-refractivity contribution is 9.10. The van der Waals surface area contributed by atoms with Crippen molar-refractivity contribution in [3.63, 3.8) is 0 Å². The second-order valence-corrected chi connectivity index (χ2v) is 3.59. The van der Waals surface area contributed by atoms with Gasteiger partial charge in [-0.2, -0.15) is 13.2 Å². The van der Waals surface area contributed by atoms with Crippen molar-refractivity contribution in [3.05, 3.63) is 27.7 Å². The summed E-state index contributed by atoms with van der Waals surface area (Å²) in [6.45, 7) is -0.0117. The van der Waals surface area contributed by atoms with Crippen LogP contribution in [0.1, 0.15) is 11.1 Å². The Hall–Kier alpha value is -0.750. The van der Waals surface area contributed by atoms with Gasteiger partial charge in [-0.15, -0.1) is 0 Å². The van der Waals surface area contributed by atoms with Gasteiger partial charge in [0.2, 0.25) is 0 Å². The van der Waals surface area contributed by atoms with Crippen LogP contribution in [0.4, 0.5) is 18.9 Å². The number of alkyl halides is 3. The lowest BCUT2D eigenvalue weighted by Gasteiger charge is -2.12. The highest BCUT2D eigenvalue weighted by Crippen LogP contribution is 2.36. The van der Waals surface area contributed by atoms with Crippen LogP contribution < -0.4 is 11.5 Å². The van der Waals surface area contributed by atoms with Crippen molar-refractivity contribution in [2.24, 2.45) is 5.73 Å². The van der Waals surface area contributed by atoms with Gasteiger partial charge in [-0.3, -0.25) is 0 Å². The molecule has 0 aromatic heterocycles. The maximum Gasteiger partial charge on any atom is 0.417 e. The first-order valence-corrected chi connectivity index (χ1v) is 4.50. The third-order valence-corrected chi connectivity index (χ3v) is 2.41. The number of nitrogens with two attached hydrogens (primary N) is 2. The van der Waals surface area contributed by atoms with Gasteiger partial charge >= 0.3 is 6.18 Å². The predicted molar refractivity (Wildman–Crippen MR) is 51.4 cm³/mol. The molecule has 0 fully saturated rings. The normalized spacial score (nSPS) is 11.8. The van der Waals surface area contributed by atoms with Crippen LogP contribution in [0.2, 0.25) is 0 Å². The van der Waals surface area contributed by atoms with Gasteiger partial charge < -0.3 is 11.5 Å². The van der Waals surface area contributed by atoms with Crippen LogP contribution >= 0.6 is 15.9 Å². The van der Waals surface area contributed by atoms with Crippen molar-refractivity contribution in [2.75, 3.05) is 5.73 Å². The minimum atomic E-state index is -4.39. The van der Waals surface area contributed by atoms with Crippen molar-refractivity contribution >= 4 is 21.6 Å². The van der Waals surface area contributed by atoms with E-state index in [9.17, 15) is 13.2 Å². The van der Waals surface area contributed by atoms with Crippen LogP contribution in [-0.2, 0) is 12.7 Å². The maximum atomic E-state index is 12.4. The minimum absolute atomic E-state index is 0.0117. The molecule has 0 heterocycles. The van der Waals surface area contributed by atoms with Crippen LogP contribution in [0, 0.1) is 0 Å². The van der Waals surface area contributed by atoms with E-state index in [1.807, 2.05) is 0 Å². The Morgan fingerprint density at radius 3 is 2.29 bits per heavy atom. The Morgan fingerprint density at radius 1 is 1.29 bits per heavy atom. The Morgan fingerprint density at radius 2 is 1.86 bits per heavy atom. The first kappa shape index (κ1) is 11.3. The van der Waals surface area contributed by atoms with E-state index < -0.39 is 11.7 Å². The summed E-state index contributed by atoms with van der Waals surface area (Å²) in [6, 6.07) is 2.17. The van der Waals surface area contributed by atoms with Crippen molar-refractivity contribution < 1.29 is 13.2 Å². The molecule has 0 aliphatic carbocycles. The first-order chi connectivity index (χ1) is 6.36. The van der Waals surface area contributed by atoms with Crippen LogP contribution in [0.25, 0.3) is 0 Å².